The smallest absolute Gasteiger partial charge is 0.276 e. The van der Waals surface area contributed by atoms with Crippen LogP contribution in [0.2, 0.25) is 0 Å². The van der Waals surface area contributed by atoms with Gasteiger partial charge in [-0.1, -0.05) is 5.16 Å². The van der Waals surface area contributed by atoms with Gasteiger partial charge in [0.25, 0.3) is 5.91 Å². The fourth-order valence-electron chi connectivity index (χ4n) is 2.05. The van der Waals surface area contributed by atoms with Gasteiger partial charge in [0.2, 0.25) is 0 Å². The van der Waals surface area contributed by atoms with Crippen molar-refractivity contribution in [1.82, 2.24) is 20.4 Å². The number of aromatic nitrogens is 2. The third-order valence-corrected chi connectivity index (χ3v) is 3.08. The average molecular weight is 258 g/mol. The Kier molecular flexibility index (Phi) is 3.24. The first-order chi connectivity index (χ1) is 9.34. The van der Waals surface area contributed by atoms with Crippen LogP contribution in [0.3, 0.4) is 0 Å². The molecule has 0 spiro atoms. The second-order valence-corrected chi connectivity index (χ2v) is 4.36. The molecule has 0 aliphatic carbocycles. The number of nitrogens with one attached hydrogen (secondary N) is 1. The zero-order chi connectivity index (χ0) is 13.1. The molecule has 19 heavy (non-hydrogen) atoms. The van der Waals surface area contributed by atoms with E-state index in [1.165, 1.54) is 0 Å². The normalized spacial score (nSPS) is 15.5. The maximum Gasteiger partial charge on any atom is 0.276 e. The van der Waals surface area contributed by atoms with Gasteiger partial charge in [0, 0.05) is 50.2 Å². The number of rotatable bonds is 2. The standard InChI is InChI=1S/C13H14N4O2/c18-13(17-6-4-14-5-7-17)11-8-12(19-16-11)10-2-1-3-15-9-10/h1-3,8-9,14H,4-7H2. The maximum atomic E-state index is 12.2. The van der Waals surface area contributed by atoms with Gasteiger partial charge in [-0.05, 0) is 12.1 Å². The molecule has 3 heterocycles. The number of amides is 1. The van der Waals surface area contributed by atoms with Gasteiger partial charge in [-0.3, -0.25) is 9.78 Å². The van der Waals surface area contributed by atoms with E-state index >= 15 is 0 Å². The first kappa shape index (κ1) is 11.9. The number of hydrogen-bond donors (Lipinski definition) is 1. The van der Waals surface area contributed by atoms with E-state index in [1.54, 1.807) is 23.4 Å². The molecule has 1 amide bonds. The summed E-state index contributed by atoms with van der Waals surface area (Å²) in [6.45, 7) is 3.04. The van der Waals surface area contributed by atoms with Crippen LogP contribution in [0.1, 0.15) is 10.5 Å². The van der Waals surface area contributed by atoms with E-state index in [1.807, 2.05) is 12.1 Å². The van der Waals surface area contributed by atoms with Gasteiger partial charge in [0.05, 0.1) is 0 Å². The van der Waals surface area contributed by atoms with Crippen LogP contribution in [0, 0.1) is 0 Å². The summed E-state index contributed by atoms with van der Waals surface area (Å²) in [6.07, 6.45) is 3.37. The number of nitrogens with zero attached hydrogens (tertiary/aromatic N) is 3. The quantitative estimate of drug-likeness (QED) is 0.862. The van der Waals surface area contributed by atoms with Gasteiger partial charge >= 0.3 is 0 Å². The molecule has 3 rings (SSSR count). The summed E-state index contributed by atoms with van der Waals surface area (Å²) in [7, 11) is 0. The van der Waals surface area contributed by atoms with Crippen molar-refractivity contribution in [3.05, 3.63) is 36.3 Å². The molecule has 1 fully saturated rings. The lowest BCUT2D eigenvalue weighted by atomic mass is 10.2. The summed E-state index contributed by atoms with van der Waals surface area (Å²) in [5.41, 5.74) is 1.16. The molecular weight excluding hydrogens is 244 g/mol. The second kappa shape index (κ2) is 5.19. The maximum absolute atomic E-state index is 12.2. The Labute approximate surface area is 110 Å². The van der Waals surface area contributed by atoms with Crippen LogP contribution in [0.4, 0.5) is 0 Å². The van der Waals surface area contributed by atoms with Crippen LogP contribution < -0.4 is 5.32 Å². The Morgan fingerprint density at radius 3 is 2.95 bits per heavy atom. The van der Waals surface area contributed by atoms with Crippen molar-refractivity contribution in [3.63, 3.8) is 0 Å². The first-order valence-electron chi connectivity index (χ1n) is 6.22. The Morgan fingerprint density at radius 1 is 1.37 bits per heavy atom. The van der Waals surface area contributed by atoms with Gasteiger partial charge in [0.1, 0.15) is 0 Å². The minimum absolute atomic E-state index is 0.0830. The highest BCUT2D eigenvalue weighted by atomic mass is 16.5. The molecule has 0 atom stereocenters. The Hall–Kier alpha value is -2.21. The molecule has 98 valence electrons. The summed E-state index contributed by atoms with van der Waals surface area (Å²) in [4.78, 5) is 18.0. The van der Waals surface area contributed by atoms with Crippen molar-refractivity contribution in [2.24, 2.45) is 0 Å². The highest BCUT2D eigenvalue weighted by molar-refractivity contribution is 5.93. The van der Waals surface area contributed by atoms with Gasteiger partial charge in [-0.25, -0.2) is 0 Å². The van der Waals surface area contributed by atoms with Crippen LogP contribution in [-0.4, -0.2) is 47.1 Å². The van der Waals surface area contributed by atoms with Crippen molar-refractivity contribution in [2.45, 2.75) is 0 Å². The molecule has 1 saturated heterocycles. The minimum Gasteiger partial charge on any atom is -0.355 e. The van der Waals surface area contributed by atoms with Crippen molar-refractivity contribution in [2.75, 3.05) is 26.2 Å². The number of carbonyl (C=O) groups excluding carboxylic acids is 1. The van der Waals surface area contributed by atoms with Gasteiger partial charge in [0.15, 0.2) is 11.5 Å². The summed E-state index contributed by atoms with van der Waals surface area (Å²) < 4.78 is 5.21. The number of hydrogen-bond acceptors (Lipinski definition) is 5. The van der Waals surface area contributed by atoms with Gasteiger partial charge in [-0.15, -0.1) is 0 Å². The molecular formula is C13H14N4O2. The summed E-state index contributed by atoms with van der Waals surface area (Å²) in [6, 6.07) is 5.35. The summed E-state index contributed by atoms with van der Waals surface area (Å²) in [5, 5.41) is 7.06. The Balaban J connectivity index is 1.79. The molecule has 0 aromatic carbocycles. The van der Waals surface area contributed by atoms with Crippen LogP contribution in [0.5, 0.6) is 0 Å². The Morgan fingerprint density at radius 2 is 2.21 bits per heavy atom. The third kappa shape index (κ3) is 2.48. The number of piperazine rings is 1. The summed E-state index contributed by atoms with van der Waals surface area (Å²) in [5.74, 6) is 0.479. The molecule has 2 aromatic heterocycles. The average Bonchev–Trinajstić information content (AvgIpc) is 2.98. The van der Waals surface area contributed by atoms with E-state index in [4.69, 9.17) is 4.52 Å². The topological polar surface area (TPSA) is 71.3 Å². The molecule has 1 aliphatic heterocycles. The highest BCUT2D eigenvalue weighted by Gasteiger charge is 2.21. The number of carbonyl (C=O) groups is 1. The molecule has 0 unspecified atom stereocenters. The lowest BCUT2D eigenvalue weighted by molar-refractivity contribution is 0.0725. The fraction of sp³-hybridized carbons (Fsp3) is 0.308. The Bertz CT molecular complexity index is 561. The van der Waals surface area contributed by atoms with Crippen LogP contribution >= 0.6 is 0 Å². The van der Waals surface area contributed by atoms with Crippen molar-refractivity contribution in [1.29, 1.82) is 0 Å². The third-order valence-electron chi connectivity index (χ3n) is 3.08. The molecule has 0 saturated carbocycles. The van der Waals surface area contributed by atoms with Crippen molar-refractivity contribution < 1.29 is 9.32 Å². The van der Waals surface area contributed by atoms with Crippen LogP contribution in [0.25, 0.3) is 11.3 Å². The molecule has 6 nitrogen and oxygen atoms in total. The molecule has 0 bridgehead atoms. The van der Waals surface area contributed by atoms with Gasteiger partial charge in [-0.2, -0.15) is 0 Å². The molecule has 0 radical (unpaired) electrons. The van der Waals surface area contributed by atoms with Crippen molar-refractivity contribution >= 4 is 5.91 Å². The van der Waals surface area contributed by atoms with E-state index in [9.17, 15) is 4.79 Å². The first-order valence-corrected chi connectivity index (χ1v) is 6.22. The zero-order valence-electron chi connectivity index (χ0n) is 10.4. The molecule has 1 aliphatic rings. The lowest BCUT2D eigenvalue weighted by Gasteiger charge is -2.26. The van der Waals surface area contributed by atoms with E-state index in [-0.39, 0.29) is 5.91 Å². The molecule has 1 N–H and O–H groups in total. The minimum atomic E-state index is -0.0830. The monoisotopic (exact) mass is 258 g/mol. The predicted molar refractivity (Wildman–Crippen MR) is 68.5 cm³/mol. The molecule has 6 heteroatoms. The predicted octanol–water partition coefficient (Wildman–Crippen LogP) is 0.782. The number of pyridine rings is 1. The van der Waals surface area contributed by atoms with Crippen LogP contribution in [0.15, 0.2) is 35.1 Å². The SMILES string of the molecule is O=C(c1cc(-c2cccnc2)on1)N1CCNCC1. The second-order valence-electron chi connectivity index (χ2n) is 4.36. The zero-order valence-corrected chi connectivity index (χ0v) is 10.4. The van der Waals surface area contributed by atoms with E-state index in [0.29, 0.717) is 24.5 Å². The largest absolute Gasteiger partial charge is 0.355 e. The lowest BCUT2D eigenvalue weighted by Crippen LogP contribution is -2.46. The highest BCUT2D eigenvalue weighted by Crippen LogP contribution is 2.19. The summed E-state index contributed by atoms with van der Waals surface area (Å²) >= 11 is 0. The fourth-order valence-corrected chi connectivity index (χ4v) is 2.05. The molecule has 2 aromatic rings. The van der Waals surface area contributed by atoms with Crippen LogP contribution in [-0.2, 0) is 0 Å². The van der Waals surface area contributed by atoms with Crippen molar-refractivity contribution in [3.8, 4) is 11.3 Å². The van der Waals surface area contributed by atoms with E-state index in [2.05, 4.69) is 15.5 Å². The van der Waals surface area contributed by atoms with E-state index < -0.39 is 0 Å². The van der Waals surface area contributed by atoms with Gasteiger partial charge < -0.3 is 14.7 Å². The van der Waals surface area contributed by atoms with E-state index in [0.717, 1.165) is 18.7 Å².